The van der Waals surface area contributed by atoms with Gasteiger partial charge in [-0.1, -0.05) is 12.9 Å². The maximum atomic E-state index is 6.59. The van der Waals surface area contributed by atoms with Crippen LogP contribution in [0.25, 0.3) is 0 Å². The molecule has 0 spiro atoms. The van der Waals surface area contributed by atoms with Gasteiger partial charge in [-0.3, -0.25) is 0 Å². The second kappa shape index (κ2) is 2.74. The third-order valence-corrected chi connectivity index (χ3v) is 0.144. The van der Waals surface area contributed by atoms with Crippen molar-refractivity contribution in [2.45, 2.75) is 13.3 Å². The Kier molecular flexibility index (Phi) is 0.584. The molecular formula is C4H8. The van der Waals surface area contributed by atoms with Gasteiger partial charge in [0.1, 0.15) is 0 Å². The molecule has 0 amide bonds. The molecule has 24 valence electrons. The van der Waals surface area contributed by atoms with Gasteiger partial charge in [0.05, 0.1) is 0 Å². The van der Waals surface area contributed by atoms with Gasteiger partial charge in [-0.25, -0.2) is 0 Å². The van der Waals surface area contributed by atoms with E-state index in [0.717, 1.165) is 0 Å². The predicted octanol–water partition coefficient (Wildman–Crippen LogP) is 1.58. The van der Waals surface area contributed by atoms with E-state index in [-0.39, 0.29) is 6.42 Å². The molecular weight excluding hydrogens is 48.0 g/mol. The summed E-state index contributed by atoms with van der Waals surface area (Å²) in [5.41, 5.74) is 0. The number of rotatable bonds is 1. The van der Waals surface area contributed by atoms with Gasteiger partial charge < -0.3 is 0 Å². The largest absolute Gasteiger partial charge is 0.103 e. The van der Waals surface area contributed by atoms with E-state index in [1.807, 2.05) is 0 Å². The van der Waals surface area contributed by atoms with Crippen LogP contribution in [0.2, 0.25) is 0 Å². The lowest BCUT2D eigenvalue weighted by atomic mass is 10.5. The van der Waals surface area contributed by atoms with E-state index in [2.05, 4.69) is 6.58 Å². The van der Waals surface area contributed by atoms with E-state index in [1.165, 1.54) is 6.08 Å². The summed E-state index contributed by atoms with van der Waals surface area (Å²) < 4.78 is 19.8. The Balaban J connectivity index is 3.34. The first-order valence-electron chi connectivity index (χ1n) is 2.67. The fourth-order valence-corrected chi connectivity index (χ4v) is 0. The zero-order valence-electron chi connectivity index (χ0n) is 5.49. The van der Waals surface area contributed by atoms with Crippen LogP contribution < -0.4 is 0 Å². The summed E-state index contributed by atoms with van der Waals surface area (Å²) >= 11 is 0. The first-order chi connectivity index (χ1) is 3.06. The number of hydrogen-bond acceptors (Lipinski definition) is 0. The molecule has 0 unspecified atom stereocenters. The van der Waals surface area contributed by atoms with Gasteiger partial charge in [0, 0.05) is 4.11 Å². The molecule has 0 rings (SSSR count). The minimum atomic E-state index is -1.82. The normalized spacial score (nSPS) is 20.5. The van der Waals surface area contributed by atoms with Crippen molar-refractivity contribution >= 4 is 0 Å². The maximum absolute atomic E-state index is 6.59. The molecule has 0 saturated heterocycles. The fraction of sp³-hybridized carbons (Fsp3) is 0.500. The smallest absolute Gasteiger partial charge is 0.0233 e. The average Bonchev–Trinajstić information content (AvgIpc) is 1.30. The van der Waals surface area contributed by atoms with Crippen molar-refractivity contribution in [3.8, 4) is 0 Å². The molecule has 0 nitrogen and oxygen atoms in total. The van der Waals surface area contributed by atoms with Gasteiger partial charge in [-0.15, -0.1) is 6.58 Å². The molecule has 0 heterocycles. The van der Waals surface area contributed by atoms with Crippen LogP contribution in [0.5, 0.6) is 0 Å². The Morgan fingerprint density at radius 1 is 2.50 bits per heavy atom. The van der Waals surface area contributed by atoms with Gasteiger partial charge >= 0.3 is 0 Å². The quantitative estimate of drug-likeness (QED) is 0.402. The Bertz CT molecular complexity index is 61.8. The highest BCUT2D eigenvalue weighted by Crippen LogP contribution is 1.66. The van der Waals surface area contributed by atoms with Crippen LogP contribution in [-0.4, -0.2) is 0 Å². The molecule has 0 bridgehead atoms. The fourth-order valence-electron chi connectivity index (χ4n) is 0. The summed E-state index contributed by atoms with van der Waals surface area (Å²) in [6, 6.07) is 0. The van der Waals surface area contributed by atoms with E-state index in [0.29, 0.717) is 0 Å². The van der Waals surface area contributed by atoms with Gasteiger partial charge in [-0.05, 0) is 6.42 Å². The lowest BCUT2D eigenvalue weighted by Gasteiger charge is -1.57. The third kappa shape index (κ3) is 1.74. The van der Waals surface area contributed by atoms with Crippen LogP contribution in [0.1, 0.15) is 17.4 Å². The number of hydrogen-bond donors (Lipinski definition) is 0. The zero-order valence-corrected chi connectivity index (χ0v) is 2.49. The molecule has 0 fully saturated rings. The summed E-state index contributed by atoms with van der Waals surface area (Å²) in [6.45, 7) is 1.47. The lowest BCUT2D eigenvalue weighted by Crippen LogP contribution is -1.36. The molecule has 0 atom stereocenters. The molecule has 0 aliphatic carbocycles. The molecule has 0 aromatic heterocycles. The molecule has 0 N–H and O–H groups in total. The summed E-state index contributed by atoms with van der Waals surface area (Å²) in [7, 11) is 0. The van der Waals surface area contributed by atoms with Gasteiger partial charge in [0.25, 0.3) is 0 Å². The molecule has 0 radical (unpaired) electrons. The van der Waals surface area contributed by atoms with E-state index in [1.54, 1.807) is 0 Å². The minimum absolute atomic E-state index is 0.104. The second-order valence-corrected chi connectivity index (χ2v) is 0.493. The van der Waals surface area contributed by atoms with Crippen LogP contribution in [-0.2, 0) is 0 Å². The van der Waals surface area contributed by atoms with Crippen LogP contribution in [0.3, 0.4) is 0 Å². The Labute approximate surface area is 31.4 Å². The van der Waals surface area contributed by atoms with Gasteiger partial charge in [0.2, 0.25) is 0 Å². The first kappa shape index (κ1) is 0.852. The van der Waals surface area contributed by atoms with E-state index in [4.69, 9.17) is 4.11 Å². The summed E-state index contributed by atoms with van der Waals surface area (Å²) in [6.07, 6.45) is 1.50. The first-order valence-corrected chi connectivity index (χ1v) is 1.17. The van der Waals surface area contributed by atoms with E-state index in [9.17, 15) is 0 Å². The molecule has 4 heavy (non-hydrogen) atoms. The standard InChI is InChI=1S/C4H8/c1-3-4-2/h3H,1,4H2,2H3/i2D3. The summed E-state index contributed by atoms with van der Waals surface area (Å²) in [5, 5.41) is 0. The van der Waals surface area contributed by atoms with Crippen molar-refractivity contribution in [1.29, 1.82) is 0 Å². The van der Waals surface area contributed by atoms with Crippen molar-refractivity contribution < 1.29 is 4.11 Å². The SMILES string of the molecule is [2H]C([2H])([2H])CC=C. The predicted molar refractivity (Wildman–Crippen MR) is 20.5 cm³/mol. The molecule has 0 aromatic carbocycles. The average molecular weight is 59.1 g/mol. The van der Waals surface area contributed by atoms with Crippen LogP contribution in [0, 0.1) is 0 Å². The molecule has 0 aliphatic rings. The maximum Gasteiger partial charge on any atom is 0.0233 e. The topological polar surface area (TPSA) is 0 Å². The molecule has 0 aromatic rings. The third-order valence-electron chi connectivity index (χ3n) is 0.144. The molecule has 0 heteroatoms. The van der Waals surface area contributed by atoms with E-state index >= 15 is 0 Å². The summed E-state index contributed by atoms with van der Waals surface area (Å²) in [5.74, 6) is 0. The Morgan fingerprint density at radius 2 is 3.25 bits per heavy atom. The monoisotopic (exact) mass is 59.1 g/mol. The van der Waals surface area contributed by atoms with Crippen LogP contribution in [0.4, 0.5) is 0 Å². The Morgan fingerprint density at radius 3 is 3.25 bits per heavy atom. The van der Waals surface area contributed by atoms with Crippen molar-refractivity contribution in [2.24, 2.45) is 0 Å². The van der Waals surface area contributed by atoms with Gasteiger partial charge in [-0.2, -0.15) is 0 Å². The zero-order chi connectivity index (χ0) is 5.91. The minimum Gasteiger partial charge on any atom is -0.103 e. The summed E-state index contributed by atoms with van der Waals surface area (Å²) in [4.78, 5) is 0. The number of allylic oxidation sites excluding steroid dienone is 1. The lowest BCUT2D eigenvalue weighted by molar-refractivity contribution is 1.23. The highest BCUT2D eigenvalue weighted by molar-refractivity contribution is 4.60. The van der Waals surface area contributed by atoms with Crippen LogP contribution >= 0.6 is 0 Å². The van der Waals surface area contributed by atoms with Crippen molar-refractivity contribution in [2.75, 3.05) is 0 Å². The molecule has 0 saturated carbocycles. The Hall–Kier alpha value is -0.260. The van der Waals surface area contributed by atoms with Crippen molar-refractivity contribution in [1.82, 2.24) is 0 Å². The van der Waals surface area contributed by atoms with Crippen molar-refractivity contribution in [3.63, 3.8) is 0 Å². The van der Waals surface area contributed by atoms with Crippen molar-refractivity contribution in [3.05, 3.63) is 12.7 Å². The second-order valence-electron chi connectivity index (χ2n) is 0.493. The van der Waals surface area contributed by atoms with Crippen LogP contribution in [0.15, 0.2) is 12.7 Å². The molecule has 0 aliphatic heterocycles. The highest BCUT2D eigenvalue weighted by atomic mass is 13.5. The van der Waals surface area contributed by atoms with Gasteiger partial charge in [0.15, 0.2) is 0 Å². The van der Waals surface area contributed by atoms with E-state index < -0.39 is 6.85 Å². The highest BCUT2D eigenvalue weighted by Gasteiger charge is 1.45.